The van der Waals surface area contributed by atoms with Crippen molar-refractivity contribution in [3.05, 3.63) is 71.3 Å². The SMILES string of the molecule is CC(C)COc1ccc(-c2nn(-c3ccccc3)cc2C=C2SC(=S)N(C(C)C)C2=O)cc1. The van der Waals surface area contributed by atoms with Crippen LogP contribution in [0.15, 0.2) is 65.7 Å². The normalized spacial score (nSPS) is 15.3. The first kappa shape index (κ1) is 23.3. The quantitative estimate of drug-likeness (QED) is 0.300. The molecule has 1 amide bonds. The highest BCUT2D eigenvalue weighted by Gasteiger charge is 2.34. The summed E-state index contributed by atoms with van der Waals surface area (Å²) in [4.78, 5) is 15.2. The second kappa shape index (κ2) is 9.93. The minimum Gasteiger partial charge on any atom is -0.493 e. The number of hydrogen-bond donors (Lipinski definition) is 0. The van der Waals surface area contributed by atoms with Gasteiger partial charge in [-0.15, -0.1) is 0 Å². The van der Waals surface area contributed by atoms with Crippen molar-refractivity contribution in [2.75, 3.05) is 6.61 Å². The van der Waals surface area contributed by atoms with Gasteiger partial charge >= 0.3 is 0 Å². The number of rotatable bonds is 7. The van der Waals surface area contributed by atoms with Crippen molar-refractivity contribution in [1.82, 2.24) is 14.7 Å². The average Bonchev–Trinajstić information content (AvgIpc) is 3.34. The van der Waals surface area contributed by atoms with E-state index in [0.29, 0.717) is 21.8 Å². The standard InChI is InChI=1S/C26H27N3O2S2/c1-17(2)16-31-22-12-10-19(11-13-22)24-20(15-28(27-24)21-8-6-5-7-9-21)14-23-25(30)29(18(3)4)26(32)33-23/h5-15,17-18H,16H2,1-4H3. The van der Waals surface area contributed by atoms with Gasteiger partial charge in [0.1, 0.15) is 10.1 Å². The molecule has 0 aliphatic carbocycles. The van der Waals surface area contributed by atoms with Crippen molar-refractivity contribution in [2.45, 2.75) is 33.7 Å². The lowest BCUT2D eigenvalue weighted by Crippen LogP contribution is -2.34. The van der Waals surface area contributed by atoms with Gasteiger partial charge < -0.3 is 4.74 Å². The fourth-order valence-corrected chi connectivity index (χ4v) is 4.98. The number of carbonyl (C=O) groups is 1. The third-order valence-corrected chi connectivity index (χ3v) is 6.43. The van der Waals surface area contributed by atoms with Crippen LogP contribution in [0.4, 0.5) is 0 Å². The van der Waals surface area contributed by atoms with Crippen molar-refractivity contribution < 1.29 is 9.53 Å². The Morgan fingerprint density at radius 3 is 2.36 bits per heavy atom. The smallest absolute Gasteiger partial charge is 0.266 e. The molecule has 1 saturated heterocycles. The number of thiocarbonyl (C=S) groups is 1. The Morgan fingerprint density at radius 2 is 1.76 bits per heavy atom. The van der Waals surface area contributed by atoms with Crippen LogP contribution in [-0.4, -0.2) is 37.6 Å². The highest BCUT2D eigenvalue weighted by Crippen LogP contribution is 2.36. The molecule has 0 bridgehead atoms. The highest BCUT2D eigenvalue weighted by molar-refractivity contribution is 8.26. The number of amides is 1. The van der Waals surface area contributed by atoms with E-state index < -0.39 is 0 Å². The van der Waals surface area contributed by atoms with Crippen LogP contribution in [0.5, 0.6) is 5.75 Å². The number of benzene rings is 2. The van der Waals surface area contributed by atoms with E-state index in [2.05, 4.69) is 13.8 Å². The molecule has 0 radical (unpaired) electrons. The first-order valence-electron chi connectivity index (χ1n) is 11.0. The molecule has 7 heteroatoms. The number of thioether (sulfide) groups is 1. The molecule has 5 nitrogen and oxygen atoms in total. The molecule has 0 unspecified atom stereocenters. The Labute approximate surface area is 204 Å². The van der Waals surface area contributed by atoms with Gasteiger partial charge in [0.25, 0.3) is 5.91 Å². The molecule has 0 spiro atoms. The molecule has 1 aromatic heterocycles. The summed E-state index contributed by atoms with van der Waals surface area (Å²) >= 11 is 6.78. The van der Waals surface area contributed by atoms with E-state index in [1.54, 1.807) is 4.90 Å². The van der Waals surface area contributed by atoms with E-state index >= 15 is 0 Å². The van der Waals surface area contributed by atoms with Gasteiger partial charge in [-0.25, -0.2) is 4.68 Å². The fraction of sp³-hybridized carbons (Fsp3) is 0.269. The second-order valence-electron chi connectivity index (χ2n) is 8.59. The summed E-state index contributed by atoms with van der Waals surface area (Å²) in [5.74, 6) is 1.23. The molecule has 170 valence electrons. The predicted octanol–water partition coefficient (Wildman–Crippen LogP) is 6.18. The lowest BCUT2D eigenvalue weighted by atomic mass is 10.1. The van der Waals surface area contributed by atoms with Gasteiger partial charge in [-0.05, 0) is 62.2 Å². The van der Waals surface area contributed by atoms with E-state index in [-0.39, 0.29) is 11.9 Å². The van der Waals surface area contributed by atoms with Crippen molar-refractivity contribution in [3.8, 4) is 22.7 Å². The molecule has 1 aliphatic rings. The number of aromatic nitrogens is 2. The molecule has 2 aromatic carbocycles. The van der Waals surface area contributed by atoms with Gasteiger partial charge in [-0.1, -0.05) is 56.0 Å². The maximum absolute atomic E-state index is 13.0. The van der Waals surface area contributed by atoms with E-state index in [0.717, 1.165) is 28.3 Å². The highest BCUT2D eigenvalue weighted by atomic mass is 32.2. The van der Waals surface area contributed by atoms with E-state index in [9.17, 15) is 4.79 Å². The molecule has 0 N–H and O–H groups in total. The molecular formula is C26H27N3O2S2. The minimum atomic E-state index is -0.0594. The number of para-hydroxylation sites is 1. The van der Waals surface area contributed by atoms with E-state index in [4.69, 9.17) is 22.1 Å². The van der Waals surface area contributed by atoms with Crippen molar-refractivity contribution >= 4 is 40.3 Å². The Bertz CT molecular complexity index is 1180. The molecule has 0 saturated carbocycles. The summed E-state index contributed by atoms with van der Waals surface area (Å²) in [6.45, 7) is 8.85. The summed E-state index contributed by atoms with van der Waals surface area (Å²) in [5.41, 5.74) is 3.56. The average molecular weight is 478 g/mol. The maximum atomic E-state index is 13.0. The van der Waals surface area contributed by atoms with Crippen LogP contribution in [0.1, 0.15) is 33.3 Å². The second-order valence-corrected chi connectivity index (χ2v) is 10.3. The van der Waals surface area contributed by atoms with Crippen LogP contribution >= 0.6 is 24.0 Å². The fourth-order valence-electron chi connectivity index (χ4n) is 3.47. The van der Waals surface area contributed by atoms with Gasteiger partial charge in [-0.2, -0.15) is 5.10 Å². The maximum Gasteiger partial charge on any atom is 0.266 e. The van der Waals surface area contributed by atoms with E-state index in [1.807, 2.05) is 85.4 Å². The summed E-state index contributed by atoms with van der Waals surface area (Å²) in [5, 5.41) is 4.86. The molecule has 0 atom stereocenters. The largest absolute Gasteiger partial charge is 0.493 e. The third kappa shape index (κ3) is 5.20. The van der Waals surface area contributed by atoms with Gasteiger partial charge in [0.15, 0.2) is 0 Å². The van der Waals surface area contributed by atoms with Crippen LogP contribution in [-0.2, 0) is 4.79 Å². The molecule has 4 rings (SSSR count). The number of hydrogen-bond acceptors (Lipinski definition) is 5. The number of carbonyl (C=O) groups excluding carboxylic acids is 1. The summed E-state index contributed by atoms with van der Waals surface area (Å²) in [7, 11) is 0. The summed E-state index contributed by atoms with van der Waals surface area (Å²) in [6.07, 6.45) is 3.85. The Hall–Kier alpha value is -2.90. The Balaban J connectivity index is 1.73. The van der Waals surface area contributed by atoms with Crippen molar-refractivity contribution in [2.24, 2.45) is 5.92 Å². The zero-order valence-corrected chi connectivity index (χ0v) is 20.8. The van der Waals surface area contributed by atoms with Crippen LogP contribution in [0.2, 0.25) is 0 Å². The zero-order valence-electron chi connectivity index (χ0n) is 19.2. The third-order valence-electron chi connectivity index (χ3n) is 5.10. The first-order valence-corrected chi connectivity index (χ1v) is 12.2. The number of nitrogens with zero attached hydrogens (tertiary/aromatic N) is 3. The van der Waals surface area contributed by atoms with Crippen LogP contribution < -0.4 is 4.74 Å². The van der Waals surface area contributed by atoms with Crippen LogP contribution in [0.3, 0.4) is 0 Å². The van der Waals surface area contributed by atoms with E-state index in [1.165, 1.54) is 11.8 Å². The molecule has 33 heavy (non-hydrogen) atoms. The lowest BCUT2D eigenvalue weighted by molar-refractivity contribution is -0.123. The van der Waals surface area contributed by atoms with Crippen LogP contribution in [0.25, 0.3) is 23.0 Å². The van der Waals surface area contributed by atoms with Gasteiger partial charge in [0.05, 0.1) is 22.9 Å². The van der Waals surface area contributed by atoms with Gasteiger partial charge in [0.2, 0.25) is 0 Å². The first-order chi connectivity index (χ1) is 15.8. The molecule has 1 fully saturated rings. The number of ether oxygens (including phenoxy) is 1. The molecule has 2 heterocycles. The Morgan fingerprint density at radius 1 is 1.06 bits per heavy atom. The molecular weight excluding hydrogens is 450 g/mol. The van der Waals surface area contributed by atoms with Gasteiger partial charge in [-0.3, -0.25) is 9.69 Å². The Kier molecular flexibility index (Phi) is 7.00. The predicted molar refractivity (Wildman–Crippen MR) is 139 cm³/mol. The van der Waals surface area contributed by atoms with Crippen LogP contribution in [0, 0.1) is 5.92 Å². The monoisotopic (exact) mass is 477 g/mol. The van der Waals surface area contributed by atoms with Crippen molar-refractivity contribution in [1.29, 1.82) is 0 Å². The summed E-state index contributed by atoms with van der Waals surface area (Å²) in [6, 6.07) is 17.9. The molecule has 1 aliphatic heterocycles. The van der Waals surface area contributed by atoms with Crippen molar-refractivity contribution in [3.63, 3.8) is 0 Å². The zero-order chi connectivity index (χ0) is 23.5. The van der Waals surface area contributed by atoms with Gasteiger partial charge in [0, 0.05) is 23.4 Å². The molecule has 3 aromatic rings. The summed E-state index contributed by atoms with van der Waals surface area (Å²) < 4.78 is 8.25. The minimum absolute atomic E-state index is 0.0216. The lowest BCUT2D eigenvalue weighted by Gasteiger charge is -2.18. The topological polar surface area (TPSA) is 47.4 Å².